The number of nitrogens with one attached hydrogen (secondary N) is 1. The lowest BCUT2D eigenvalue weighted by Gasteiger charge is -2.14. The van der Waals surface area contributed by atoms with E-state index in [0.717, 1.165) is 43.9 Å². The molecule has 0 saturated heterocycles. The van der Waals surface area contributed by atoms with Gasteiger partial charge in [0, 0.05) is 18.6 Å². The van der Waals surface area contributed by atoms with Crippen LogP contribution in [0.2, 0.25) is 0 Å². The third kappa shape index (κ3) is 30.2. The quantitative estimate of drug-likeness (QED) is 0.0754. The van der Waals surface area contributed by atoms with Crippen LogP contribution < -0.4 is 5.32 Å². The van der Waals surface area contributed by atoms with Crippen molar-refractivity contribution in [3.05, 3.63) is 0 Å². The molecule has 0 heterocycles. The fourth-order valence-electron chi connectivity index (χ4n) is 5.28. The number of carboxylic acids is 1. The van der Waals surface area contributed by atoms with E-state index >= 15 is 0 Å². The lowest BCUT2D eigenvalue weighted by molar-refractivity contribution is -0.141. The van der Waals surface area contributed by atoms with Gasteiger partial charge in [0.2, 0.25) is 5.91 Å². The molecule has 0 radical (unpaired) electrons. The van der Waals surface area contributed by atoms with Crippen LogP contribution in [-0.2, 0) is 14.4 Å². The summed E-state index contributed by atoms with van der Waals surface area (Å²) in [5.41, 5.74) is 0. The molecule has 5 nitrogen and oxygen atoms in total. The number of hydrogen-bond acceptors (Lipinski definition) is 4. The van der Waals surface area contributed by atoms with Crippen LogP contribution in [0.3, 0.4) is 0 Å². The molecule has 0 aliphatic heterocycles. The lowest BCUT2D eigenvalue weighted by Crippen LogP contribution is -2.42. The average Bonchev–Trinajstić information content (AvgIpc) is 2.95. The molecule has 0 aromatic heterocycles. The molecule has 0 bridgehead atoms. The summed E-state index contributed by atoms with van der Waals surface area (Å²) in [6.45, 7) is 4.51. The van der Waals surface area contributed by atoms with Gasteiger partial charge in [-0.1, -0.05) is 180 Å². The van der Waals surface area contributed by atoms with Crippen LogP contribution >= 0.6 is 11.8 Å². The van der Waals surface area contributed by atoms with Gasteiger partial charge < -0.3 is 10.4 Å². The Balaban J connectivity index is 3.66. The van der Waals surface area contributed by atoms with Gasteiger partial charge in [0.25, 0.3) is 0 Å². The molecule has 0 spiro atoms. The zero-order valence-electron chi connectivity index (χ0n) is 27.2. The zero-order valence-corrected chi connectivity index (χ0v) is 28.0. The molecule has 1 atom stereocenters. The van der Waals surface area contributed by atoms with E-state index in [0.29, 0.717) is 12.8 Å². The summed E-state index contributed by atoms with van der Waals surface area (Å²) in [6.07, 6.45) is 33.6. The highest BCUT2D eigenvalue weighted by molar-refractivity contribution is 8.13. The zero-order chi connectivity index (χ0) is 30.2. The molecule has 0 fully saturated rings. The third-order valence-corrected chi connectivity index (χ3v) is 9.06. The maximum Gasteiger partial charge on any atom is 0.327 e. The number of aliphatic carboxylic acids is 1. The summed E-state index contributed by atoms with van der Waals surface area (Å²) >= 11 is 1.05. The van der Waals surface area contributed by atoms with Crippen molar-refractivity contribution in [2.24, 2.45) is 0 Å². The number of unbranched alkanes of at least 4 members (excludes halogenated alkanes) is 24. The van der Waals surface area contributed by atoms with Gasteiger partial charge in [-0.2, -0.15) is 0 Å². The molecule has 242 valence electrons. The third-order valence-electron chi connectivity index (χ3n) is 8.04. The van der Waals surface area contributed by atoms with E-state index in [4.69, 9.17) is 0 Å². The van der Waals surface area contributed by atoms with Crippen molar-refractivity contribution >= 4 is 28.8 Å². The monoisotopic (exact) mass is 597 g/mol. The van der Waals surface area contributed by atoms with Gasteiger partial charge in [0.05, 0.1) is 0 Å². The second-order valence-electron chi connectivity index (χ2n) is 12.1. The highest BCUT2D eigenvalue weighted by Crippen LogP contribution is 2.16. The number of rotatable bonds is 32. The SMILES string of the molecule is CCCCCCCCCCCCCCCC(=O)N[C@@H](CSC(=O)CCCCCCCCCCCCCCC)C(=O)O. The summed E-state index contributed by atoms with van der Waals surface area (Å²) in [6, 6.07) is -0.995. The van der Waals surface area contributed by atoms with E-state index in [1.807, 2.05) is 0 Å². The van der Waals surface area contributed by atoms with E-state index in [-0.39, 0.29) is 16.8 Å². The summed E-state index contributed by atoms with van der Waals surface area (Å²) in [5.74, 6) is -1.17. The predicted molar refractivity (Wildman–Crippen MR) is 178 cm³/mol. The summed E-state index contributed by atoms with van der Waals surface area (Å²) in [5, 5.41) is 12.1. The van der Waals surface area contributed by atoms with Gasteiger partial charge in [-0.15, -0.1) is 0 Å². The number of carbonyl (C=O) groups is 3. The maximum atomic E-state index is 12.2. The molecule has 1 amide bonds. The lowest BCUT2D eigenvalue weighted by atomic mass is 10.0. The molecular weight excluding hydrogens is 530 g/mol. The molecular formula is C35H67NO4S. The molecule has 41 heavy (non-hydrogen) atoms. The first-order valence-corrected chi connectivity index (χ1v) is 18.7. The molecule has 0 aliphatic carbocycles. The second kappa shape index (κ2) is 31.9. The first kappa shape index (κ1) is 40.0. The van der Waals surface area contributed by atoms with Gasteiger partial charge >= 0.3 is 5.97 Å². The molecule has 0 unspecified atom stereocenters. The van der Waals surface area contributed by atoms with Gasteiger partial charge in [-0.25, -0.2) is 4.79 Å². The highest BCUT2D eigenvalue weighted by atomic mass is 32.2. The van der Waals surface area contributed by atoms with Gasteiger partial charge in [-0.05, 0) is 12.8 Å². The van der Waals surface area contributed by atoms with E-state index in [1.54, 1.807) is 0 Å². The highest BCUT2D eigenvalue weighted by Gasteiger charge is 2.21. The number of amides is 1. The van der Waals surface area contributed by atoms with Crippen molar-refractivity contribution in [3.63, 3.8) is 0 Å². The van der Waals surface area contributed by atoms with Crippen LogP contribution in [0.5, 0.6) is 0 Å². The first-order chi connectivity index (χ1) is 20.0. The van der Waals surface area contributed by atoms with E-state index < -0.39 is 12.0 Å². The van der Waals surface area contributed by atoms with Crippen molar-refractivity contribution in [1.29, 1.82) is 0 Å². The Hall–Kier alpha value is -1.04. The summed E-state index contributed by atoms with van der Waals surface area (Å²) < 4.78 is 0. The maximum absolute atomic E-state index is 12.2. The first-order valence-electron chi connectivity index (χ1n) is 17.7. The molecule has 0 saturated carbocycles. The van der Waals surface area contributed by atoms with Gasteiger partial charge in [-0.3, -0.25) is 9.59 Å². The molecule has 6 heteroatoms. The Kier molecular flexibility index (Phi) is 31.1. The molecule has 0 aliphatic rings. The normalized spacial score (nSPS) is 12.0. The Bertz CT molecular complexity index is 613. The second-order valence-corrected chi connectivity index (χ2v) is 13.2. The molecule has 0 aromatic rings. The minimum Gasteiger partial charge on any atom is -0.480 e. The van der Waals surface area contributed by atoms with Crippen LogP contribution in [0.15, 0.2) is 0 Å². The van der Waals surface area contributed by atoms with Crippen molar-refractivity contribution in [3.8, 4) is 0 Å². The largest absolute Gasteiger partial charge is 0.480 e. The number of hydrogen-bond donors (Lipinski definition) is 2. The fourth-order valence-corrected chi connectivity index (χ4v) is 6.15. The fraction of sp³-hybridized carbons (Fsp3) is 0.914. The standard InChI is InChI=1S/C35H67NO4S/c1-3-5-7-9-11-13-15-17-19-21-23-25-27-29-33(37)36-32(35(39)40)31-41-34(38)30-28-26-24-22-20-18-16-14-12-10-8-6-4-2/h32H,3-31H2,1-2H3,(H,36,37)(H,39,40)/t32-/m0/s1. The van der Waals surface area contributed by atoms with Crippen LogP contribution in [0.4, 0.5) is 0 Å². The van der Waals surface area contributed by atoms with E-state index in [1.165, 1.54) is 135 Å². The minimum absolute atomic E-state index is 0.0325. The topological polar surface area (TPSA) is 83.5 Å². The Morgan fingerprint density at radius 1 is 0.512 bits per heavy atom. The Labute approximate surface area is 258 Å². The smallest absolute Gasteiger partial charge is 0.327 e. The summed E-state index contributed by atoms with van der Waals surface area (Å²) in [7, 11) is 0. The minimum atomic E-state index is -1.06. The van der Waals surface area contributed by atoms with Crippen LogP contribution in [0.25, 0.3) is 0 Å². The van der Waals surface area contributed by atoms with Crippen LogP contribution in [0, 0.1) is 0 Å². The molecule has 2 N–H and O–H groups in total. The number of thioether (sulfide) groups is 1. The molecule has 0 rings (SSSR count). The Morgan fingerprint density at radius 3 is 1.17 bits per heavy atom. The Morgan fingerprint density at radius 2 is 0.829 bits per heavy atom. The summed E-state index contributed by atoms with van der Waals surface area (Å²) in [4.78, 5) is 36.0. The average molecular weight is 598 g/mol. The van der Waals surface area contributed by atoms with E-state index in [9.17, 15) is 19.5 Å². The van der Waals surface area contributed by atoms with Gasteiger partial charge in [0.1, 0.15) is 6.04 Å². The van der Waals surface area contributed by atoms with Gasteiger partial charge in [0.15, 0.2) is 5.12 Å². The van der Waals surface area contributed by atoms with Crippen molar-refractivity contribution in [2.75, 3.05) is 5.75 Å². The molecule has 0 aromatic carbocycles. The van der Waals surface area contributed by atoms with Crippen molar-refractivity contribution < 1.29 is 19.5 Å². The van der Waals surface area contributed by atoms with Crippen LogP contribution in [0.1, 0.15) is 194 Å². The van der Waals surface area contributed by atoms with Crippen molar-refractivity contribution in [2.45, 2.75) is 200 Å². The van der Waals surface area contributed by atoms with Crippen molar-refractivity contribution in [1.82, 2.24) is 5.32 Å². The van der Waals surface area contributed by atoms with Crippen LogP contribution in [-0.4, -0.2) is 33.9 Å². The predicted octanol–water partition coefficient (Wildman–Crippen LogP) is 10.8. The van der Waals surface area contributed by atoms with E-state index in [2.05, 4.69) is 19.2 Å². The number of carboxylic acid groups (broad SMARTS) is 1. The number of carbonyl (C=O) groups excluding carboxylic acids is 2.